The normalized spacial score (nSPS) is 15.2. The molecule has 0 aliphatic rings. The van der Waals surface area contributed by atoms with E-state index in [9.17, 15) is 70.2 Å². The van der Waals surface area contributed by atoms with Gasteiger partial charge in [0.05, 0.1) is 0 Å². The van der Waals surface area contributed by atoms with Crippen molar-refractivity contribution in [3.63, 3.8) is 0 Å². The fourth-order valence-corrected chi connectivity index (χ4v) is 2.64. The smallest absolute Gasteiger partial charge is 0.306 e. The van der Waals surface area contributed by atoms with Crippen LogP contribution in [0.3, 0.4) is 0 Å². The third kappa shape index (κ3) is 6.95. The summed E-state index contributed by atoms with van der Waals surface area (Å²) in [4.78, 5) is 1.17. The maximum Gasteiger partial charge on any atom is 0.377 e. The van der Waals surface area contributed by atoms with Gasteiger partial charge in [-0.2, -0.15) is 52.7 Å². The molecule has 0 N–H and O–H groups in total. The maximum atomic E-state index is 13.4. The predicted octanol–water partition coefficient (Wildman–Crippen LogP) is 7.60. The zero-order chi connectivity index (χ0) is 27.4. The van der Waals surface area contributed by atoms with E-state index >= 15 is 0 Å². The second-order valence-corrected chi connectivity index (χ2v) is 7.62. The van der Waals surface area contributed by atoms with Gasteiger partial charge < -0.3 is 4.90 Å². The van der Waals surface area contributed by atoms with Crippen molar-refractivity contribution in [3.05, 3.63) is 0 Å². The van der Waals surface area contributed by atoms with Crippen molar-refractivity contribution in [2.45, 2.75) is 86.9 Å². The van der Waals surface area contributed by atoms with E-state index in [1.165, 1.54) is 11.9 Å². The van der Waals surface area contributed by atoms with E-state index in [2.05, 4.69) is 0 Å². The summed E-state index contributed by atoms with van der Waals surface area (Å²) in [5.41, 5.74) is 0. The Morgan fingerprint density at radius 2 is 0.765 bits per heavy atom. The molecule has 34 heavy (non-hydrogen) atoms. The minimum Gasteiger partial charge on any atom is -0.306 e. The molecule has 17 heteroatoms. The summed E-state index contributed by atoms with van der Waals surface area (Å²) in [6.07, 6.45) is -16.3. The Kier molecular flexibility index (Phi) is 10.9. The second kappa shape index (κ2) is 11.3. The Hall–Kier alpha value is -1.16. The molecule has 0 rings (SSSR count). The topological polar surface area (TPSA) is 3.24 Å². The molecule has 0 aromatic rings. The Morgan fingerprint density at radius 3 is 1.00 bits per heavy atom. The van der Waals surface area contributed by atoms with E-state index in [1.807, 2.05) is 0 Å². The largest absolute Gasteiger partial charge is 0.377 e. The van der Waals surface area contributed by atoms with Gasteiger partial charge in [0.25, 0.3) is 0 Å². The van der Waals surface area contributed by atoms with E-state index in [0.29, 0.717) is 0 Å². The Morgan fingerprint density at radius 1 is 0.500 bits per heavy atom. The van der Waals surface area contributed by atoms with Crippen LogP contribution in [0.5, 0.6) is 0 Å². The first-order chi connectivity index (χ1) is 15.0. The van der Waals surface area contributed by atoms with Crippen LogP contribution in [0.4, 0.5) is 70.2 Å². The van der Waals surface area contributed by atoms with Crippen LogP contribution in [-0.4, -0.2) is 73.4 Å². The lowest BCUT2D eigenvalue weighted by Crippen LogP contribution is -2.57. The molecule has 0 aliphatic heterocycles. The first kappa shape index (κ1) is 32.8. The lowest BCUT2D eigenvalue weighted by molar-refractivity contribution is -0.339. The van der Waals surface area contributed by atoms with Crippen LogP contribution in [0, 0.1) is 0 Å². The van der Waals surface area contributed by atoms with Crippen molar-refractivity contribution in [2.75, 3.05) is 20.1 Å². The van der Waals surface area contributed by atoms with E-state index in [4.69, 9.17) is 0 Å². The summed E-state index contributed by atoms with van der Waals surface area (Å²) >= 11 is 0. The van der Waals surface area contributed by atoms with Crippen molar-refractivity contribution in [1.29, 1.82) is 0 Å². The molecule has 0 unspecified atom stereocenters. The van der Waals surface area contributed by atoms with Gasteiger partial charge in [-0.15, -0.1) is 0 Å². The number of unbranched alkanes of at least 4 members (excludes halogenated alkanes) is 2. The SMILES string of the molecule is CN(CCCCC(F)(F)C(F)(F)C(F)(F)C(F)F)CCCCC(F)(F)C(F)(F)C(F)(F)C(F)F. The van der Waals surface area contributed by atoms with Crippen molar-refractivity contribution in [1.82, 2.24) is 4.90 Å². The molecular formula is C17H21F16N. The van der Waals surface area contributed by atoms with Crippen LogP contribution in [0.2, 0.25) is 0 Å². The van der Waals surface area contributed by atoms with E-state index in [0.717, 1.165) is 0 Å². The molecule has 1 nitrogen and oxygen atoms in total. The highest BCUT2D eigenvalue weighted by Crippen LogP contribution is 2.51. The van der Waals surface area contributed by atoms with Crippen LogP contribution in [0.25, 0.3) is 0 Å². The molecule has 0 atom stereocenters. The Labute approximate surface area is 183 Å². The summed E-state index contributed by atoms with van der Waals surface area (Å²) in [5.74, 6) is -36.2. The average Bonchev–Trinajstić information content (AvgIpc) is 2.67. The number of nitrogens with zero attached hydrogens (tertiary/aromatic N) is 1. The zero-order valence-electron chi connectivity index (χ0n) is 17.3. The number of rotatable bonds is 16. The van der Waals surface area contributed by atoms with E-state index in [-0.39, 0.29) is 25.9 Å². The van der Waals surface area contributed by atoms with Crippen LogP contribution >= 0.6 is 0 Å². The highest BCUT2D eigenvalue weighted by molar-refractivity contribution is 4.98. The maximum absolute atomic E-state index is 13.4. The minimum absolute atomic E-state index is 0.233. The molecule has 0 saturated heterocycles. The summed E-state index contributed by atoms with van der Waals surface area (Å²) in [6.45, 7) is -0.466. The van der Waals surface area contributed by atoms with Crippen LogP contribution in [0.15, 0.2) is 0 Å². The highest BCUT2D eigenvalue weighted by atomic mass is 19.4. The van der Waals surface area contributed by atoms with Crippen molar-refractivity contribution in [2.24, 2.45) is 0 Å². The molecular weight excluding hydrogens is 522 g/mol. The molecule has 206 valence electrons. The van der Waals surface area contributed by atoms with E-state index in [1.54, 1.807) is 0 Å². The van der Waals surface area contributed by atoms with Gasteiger partial charge in [-0.1, -0.05) is 0 Å². The standard InChI is InChI=1S/C17H21F16N/c1-34(8-4-2-6-12(22,23)16(30,31)14(26,27)10(18)19)9-5-3-7-13(24,25)17(32,33)15(28,29)11(20)21/h10-11H,2-9H2,1H3. The summed E-state index contributed by atoms with van der Waals surface area (Å²) in [6, 6.07) is 0. The van der Waals surface area contributed by atoms with E-state index < -0.39 is 74.1 Å². The third-order valence-corrected chi connectivity index (χ3v) is 4.87. The minimum atomic E-state index is -6.34. The summed E-state index contributed by atoms with van der Waals surface area (Å²) in [5, 5.41) is 0. The Bertz CT molecular complexity index is 567. The number of halogens is 16. The molecule has 0 bridgehead atoms. The molecule has 0 aliphatic carbocycles. The molecule has 0 saturated carbocycles. The lowest BCUT2D eigenvalue weighted by Gasteiger charge is -2.32. The van der Waals surface area contributed by atoms with Crippen LogP contribution in [-0.2, 0) is 0 Å². The van der Waals surface area contributed by atoms with Gasteiger partial charge in [-0.25, -0.2) is 17.6 Å². The monoisotopic (exact) mass is 543 g/mol. The molecule has 0 heterocycles. The molecule has 0 aromatic heterocycles. The molecule has 0 amide bonds. The molecule has 0 spiro atoms. The average molecular weight is 543 g/mol. The van der Waals surface area contributed by atoms with Gasteiger partial charge in [-0.05, 0) is 45.8 Å². The van der Waals surface area contributed by atoms with Crippen LogP contribution < -0.4 is 0 Å². The van der Waals surface area contributed by atoms with Crippen molar-refractivity contribution < 1.29 is 70.2 Å². The van der Waals surface area contributed by atoms with Gasteiger partial charge >= 0.3 is 48.4 Å². The fourth-order valence-electron chi connectivity index (χ4n) is 2.64. The molecule has 0 radical (unpaired) electrons. The summed E-state index contributed by atoms with van der Waals surface area (Å²) in [7, 11) is 1.22. The van der Waals surface area contributed by atoms with Gasteiger partial charge in [0.1, 0.15) is 0 Å². The fraction of sp³-hybridized carbons (Fsp3) is 1.00. The first-order valence-corrected chi connectivity index (χ1v) is 9.50. The molecule has 0 aromatic carbocycles. The van der Waals surface area contributed by atoms with Crippen LogP contribution in [0.1, 0.15) is 38.5 Å². The highest BCUT2D eigenvalue weighted by Gasteiger charge is 2.75. The van der Waals surface area contributed by atoms with Gasteiger partial charge in [0.15, 0.2) is 0 Å². The predicted molar refractivity (Wildman–Crippen MR) is 86.9 cm³/mol. The lowest BCUT2D eigenvalue weighted by atomic mass is 9.99. The van der Waals surface area contributed by atoms with Gasteiger partial charge in [0, 0.05) is 12.8 Å². The van der Waals surface area contributed by atoms with Gasteiger partial charge in [0.2, 0.25) is 0 Å². The first-order valence-electron chi connectivity index (χ1n) is 9.50. The Balaban J connectivity index is 4.55. The second-order valence-electron chi connectivity index (χ2n) is 7.62. The number of hydrogen-bond acceptors (Lipinski definition) is 1. The number of hydrogen-bond donors (Lipinski definition) is 0. The van der Waals surface area contributed by atoms with Crippen molar-refractivity contribution >= 4 is 0 Å². The quantitative estimate of drug-likeness (QED) is 0.143. The third-order valence-electron chi connectivity index (χ3n) is 4.87. The number of alkyl halides is 16. The summed E-state index contributed by atoms with van der Waals surface area (Å²) < 4.78 is 205. The molecule has 0 fully saturated rings. The van der Waals surface area contributed by atoms with Crippen molar-refractivity contribution in [3.8, 4) is 0 Å². The zero-order valence-corrected chi connectivity index (χ0v) is 17.3. The van der Waals surface area contributed by atoms with Gasteiger partial charge in [-0.3, -0.25) is 0 Å².